The Balaban J connectivity index is 2.04. The summed E-state index contributed by atoms with van der Waals surface area (Å²) in [6.07, 6.45) is -4.76. The van der Waals surface area contributed by atoms with Gasteiger partial charge in [0.25, 0.3) is 0 Å². The quantitative estimate of drug-likeness (QED) is 0.846. The van der Waals surface area contributed by atoms with Crippen LogP contribution >= 0.6 is 0 Å². The molecule has 0 fully saturated rings. The molecule has 3 rings (SSSR count). The zero-order chi connectivity index (χ0) is 17.5. The first-order chi connectivity index (χ1) is 11.3. The third kappa shape index (κ3) is 2.71. The van der Waals surface area contributed by atoms with E-state index in [4.69, 9.17) is 0 Å². The highest BCUT2D eigenvalue weighted by molar-refractivity contribution is 6.52. The van der Waals surface area contributed by atoms with Crippen LogP contribution in [0.3, 0.4) is 0 Å². The number of aliphatic hydroxyl groups is 1. The molecule has 0 bridgehead atoms. The number of halogens is 3. The van der Waals surface area contributed by atoms with E-state index < -0.39 is 23.3 Å². The van der Waals surface area contributed by atoms with Crippen molar-refractivity contribution in [2.45, 2.75) is 12.6 Å². The molecule has 6 heteroatoms. The van der Waals surface area contributed by atoms with Crippen LogP contribution in [-0.2, 0) is 17.4 Å². The lowest BCUT2D eigenvalue weighted by Crippen LogP contribution is -2.25. The number of rotatable bonds is 2. The van der Waals surface area contributed by atoms with Gasteiger partial charge in [-0.2, -0.15) is 13.2 Å². The van der Waals surface area contributed by atoms with Crippen LogP contribution in [0, 0.1) is 0 Å². The topological polar surface area (TPSA) is 54.4 Å². The number of aliphatic hydroxyl groups excluding tert-OH is 1. The molecule has 122 valence electrons. The third-order valence-electron chi connectivity index (χ3n) is 3.83. The number of allylic oxidation sites excluding steroid dienone is 1. The summed E-state index contributed by atoms with van der Waals surface area (Å²) < 4.78 is 38.3. The van der Waals surface area contributed by atoms with Gasteiger partial charge < -0.3 is 5.11 Å². The van der Waals surface area contributed by atoms with E-state index in [-0.39, 0.29) is 34.4 Å². The molecule has 0 spiro atoms. The van der Waals surface area contributed by atoms with Gasteiger partial charge in [-0.05, 0) is 11.6 Å². The molecule has 0 saturated heterocycles. The molecular formula is C18H11F3O3. The second kappa shape index (κ2) is 5.63. The number of benzene rings is 2. The summed E-state index contributed by atoms with van der Waals surface area (Å²) in [6.45, 7) is 0. The molecule has 0 saturated carbocycles. The van der Waals surface area contributed by atoms with Crippen molar-refractivity contribution in [3.8, 4) is 0 Å². The second-order valence-corrected chi connectivity index (χ2v) is 5.41. The van der Waals surface area contributed by atoms with Crippen LogP contribution in [0.4, 0.5) is 13.2 Å². The fourth-order valence-electron chi connectivity index (χ4n) is 2.64. The maximum Gasteiger partial charge on any atom is 0.416 e. The first-order valence-electron chi connectivity index (χ1n) is 7.05. The number of ketones is 2. The highest BCUT2D eigenvalue weighted by Gasteiger charge is 2.33. The molecule has 1 N–H and O–H groups in total. The van der Waals surface area contributed by atoms with Crippen LogP contribution in [0.15, 0.2) is 54.1 Å². The lowest BCUT2D eigenvalue weighted by atomic mass is 9.85. The molecule has 0 amide bonds. The summed E-state index contributed by atoms with van der Waals surface area (Å²) in [5, 5.41) is 10.3. The molecule has 0 heterocycles. The Morgan fingerprint density at radius 2 is 1.54 bits per heavy atom. The minimum Gasteiger partial charge on any atom is -0.507 e. The summed E-state index contributed by atoms with van der Waals surface area (Å²) in [5.74, 6) is -2.04. The Morgan fingerprint density at radius 1 is 0.875 bits per heavy atom. The molecule has 2 aromatic rings. The van der Waals surface area contributed by atoms with Crippen molar-refractivity contribution >= 4 is 17.3 Å². The van der Waals surface area contributed by atoms with E-state index in [0.29, 0.717) is 0 Å². The van der Waals surface area contributed by atoms with Gasteiger partial charge in [0.05, 0.1) is 11.1 Å². The van der Waals surface area contributed by atoms with E-state index >= 15 is 0 Å². The van der Waals surface area contributed by atoms with Crippen molar-refractivity contribution < 1.29 is 27.9 Å². The molecule has 0 radical (unpaired) electrons. The Hall–Kier alpha value is -2.89. The fraction of sp³-hybridized carbons (Fsp3) is 0.111. The molecule has 1 aliphatic carbocycles. The Morgan fingerprint density at radius 3 is 2.21 bits per heavy atom. The van der Waals surface area contributed by atoms with E-state index in [1.54, 1.807) is 12.1 Å². The van der Waals surface area contributed by atoms with Gasteiger partial charge >= 0.3 is 6.18 Å². The number of hydrogen-bond acceptors (Lipinski definition) is 3. The first-order valence-corrected chi connectivity index (χ1v) is 7.05. The van der Waals surface area contributed by atoms with Crippen LogP contribution in [0.2, 0.25) is 0 Å². The summed E-state index contributed by atoms with van der Waals surface area (Å²) in [4.78, 5) is 24.3. The van der Waals surface area contributed by atoms with Gasteiger partial charge in [-0.1, -0.05) is 42.5 Å². The predicted molar refractivity (Wildman–Crippen MR) is 80.5 cm³/mol. The summed E-state index contributed by atoms with van der Waals surface area (Å²) >= 11 is 0. The maximum absolute atomic E-state index is 12.8. The smallest absolute Gasteiger partial charge is 0.416 e. The van der Waals surface area contributed by atoms with Crippen LogP contribution in [-0.4, -0.2) is 16.7 Å². The van der Waals surface area contributed by atoms with Crippen molar-refractivity contribution in [2.75, 3.05) is 0 Å². The van der Waals surface area contributed by atoms with E-state index in [2.05, 4.69) is 0 Å². The van der Waals surface area contributed by atoms with Gasteiger partial charge in [0, 0.05) is 17.5 Å². The third-order valence-corrected chi connectivity index (χ3v) is 3.83. The maximum atomic E-state index is 12.8. The van der Waals surface area contributed by atoms with Gasteiger partial charge in [-0.25, -0.2) is 0 Å². The molecule has 1 aliphatic rings. The lowest BCUT2D eigenvalue weighted by molar-refractivity contribution is -0.137. The van der Waals surface area contributed by atoms with Gasteiger partial charge in [0.15, 0.2) is 0 Å². The number of hydrogen-bond donors (Lipinski definition) is 1. The summed E-state index contributed by atoms with van der Waals surface area (Å²) in [7, 11) is 0. The molecule has 0 unspecified atom stereocenters. The van der Waals surface area contributed by atoms with E-state index in [1.165, 1.54) is 24.3 Å². The molecular weight excluding hydrogens is 321 g/mol. The summed E-state index contributed by atoms with van der Waals surface area (Å²) in [6, 6.07) is 10.5. The number of carbonyl (C=O) groups excluding carboxylic acids is 2. The SMILES string of the molecule is O=C1C(=O)c2ccccc2C(O)=C1Cc1cccc(C(F)(F)F)c1. The normalized spacial score (nSPS) is 14.8. The van der Waals surface area contributed by atoms with Gasteiger partial charge in [-0.15, -0.1) is 0 Å². The van der Waals surface area contributed by atoms with E-state index in [9.17, 15) is 27.9 Å². The molecule has 0 atom stereocenters. The zero-order valence-corrected chi connectivity index (χ0v) is 12.2. The molecule has 3 nitrogen and oxygen atoms in total. The van der Waals surface area contributed by atoms with Crippen molar-refractivity contribution in [1.29, 1.82) is 0 Å². The highest BCUT2D eigenvalue weighted by Crippen LogP contribution is 2.32. The predicted octanol–water partition coefficient (Wildman–Crippen LogP) is 3.98. The minimum atomic E-state index is -4.51. The van der Waals surface area contributed by atoms with Crippen molar-refractivity contribution in [3.63, 3.8) is 0 Å². The van der Waals surface area contributed by atoms with Crippen molar-refractivity contribution in [2.24, 2.45) is 0 Å². The fourth-order valence-corrected chi connectivity index (χ4v) is 2.64. The molecule has 24 heavy (non-hydrogen) atoms. The summed E-state index contributed by atoms with van der Waals surface area (Å²) in [5.41, 5.74) is -0.558. The van der Waals surface area contributed by atoms with Crippen LogP contribution < -0.4 is 0 Å². The van der Waals surface area contributed by atoms with Gasteiger partial charge in [0.1, 0.15) is 5.76 Å². The molecule has 2 aromatic carbocycles. The second-order valence-electron chi connectivity index (χ2n) is 5.41. The number of fused-ring (bicyclic) bond motifs is 1. The van der Waals surface area contributed by atoms with Gasteiger partial charge in [0.2, 0.25) is 11.6 Å². The molecule has 0 aromatic heterocycles. The van der Waals surface area contributed by atoms with E-state index in [0.717, 1.165) is 12.1 Å². The Kier molecular flexibility index (Phi) is 3.75. The largest absolute Gasteiger partial charge is 0.507 e. The minimum absolute atomic E-state index is 0.0905. The van der Waals surface area contributed by atoms with Crippen LogP contribution in [0.25, 0.3) is 5.76 Å². The van der Waals surface area contributed by atoms with Gasteiger partial charge in [-0.3, -0.25) is 9.59 Å². The Bertz CT molecular complexity index is 879. The zero-order valence-electron chi connectivity index (χ0n) is 12.2. The average Bonchev–Trinajstić information content (AvgIpc) is 2.56. The highest BCUT2D eigenvalue weighted by atomic mass is 19.4. The lowest BCUT2D eigenvalue weighted by Gasteiger charge is -2.18. The Labute approximate surface area is 135 Å². The van der Waals surface area contributed by atoms with E-state index in [1.807, 2.05) is 0 Å². The number of carbonyl (C=O) groups is 2. The molecule has 0 aliphatic heterocycles. The first kappa shape index (κ1) is 16.0. The monoisotopic (exact) mass is 332 g/mol. The number of alkyl halides is 3. The standard InChI is InChI=1S/C18H11F3O3/c19-18(20,21)11-5-3-4-10(8-11)9-14-15(22)12-6-1-2-7-13(12)16(23)17(14)24/h1-8,22H,9H2. The van der Waals surface area contributed by atoms with Crippen LogP contribution in [0.5, 0.6) is 0 Å². The van der Waals surface area contributed by atoms with Crippen molar-refractivity contribution in [3.05, 3.63) is 76.4 Å². The van der Waals surface area contributed by atoms with Crippen LogP contribution in [0.1, 0.15) is 27.0 Å². The number of Topliss-reactive ketones (excluding diaryl/α,β-unsaturated/α-hetero) is 2. The average molecular weight is 332 g/mol. The van der Waals surface area contributed by atoms with Crippen molar-refractivity contribution in [1.82, 2.24) is 0 Å².